The van der Waals surface area contributed by atoms with Crippen LogP contribution in [0.15, 0.2) is 106 Å². The molecule has 0 aliphatic heterocycles. The van der Waals surface area contributed by atoms with Gasteiger partial charge >= 0.3 is 0 Å². The topological polar surface area (TPSA) is 96.0 Å². The Labute approximate surface area is 302 Å². The van der Waals surface area contributed by atoms with Crippen LogP contribution in [0.4, 0.5) is 5.69 Å². The molecule has 49 heavy (non-hydrogen) atoms. The summed E-state index contributed by atoms with van der Waals surface area (Å²) in [6.07, 6.45) is 5.22. The molecule has 1 N–H and O–H groups in total. The molecule has 1 saturated carbocycles. The number of carbonyl (C=O) groups excluding carboxylic acids is 2. The van der Waals surface area contributed by atoms with Crippen molar-refractivity contribution in [2.75, 3.05) is 18.0 Å². The van der Waals surface area contributed by atoms with Crippen LogP contribution in [0.2, 0.25) is 5.02 Å². The van der Waals surface area contributed by atoms with Gasteiger partial charge in [0.25, 0.3) is 10.0 Å². The molecule has 0 radical (unpaired) electrons. The van der Waals surface area contributed by atoms with E-state index in [4.69, 9.17) is 16.3 Å². The number of hydrogen-bond donors (Lipinski definition) is 1. The lowest BCUT2D eigenvalue weighted by Crippen LogP contribution is -2.55. The summed E-state index contributed by atoms with van der Waals surface area (Å²) in [4.78, 5) is 30.5. The number of aryl methyl sites for hydroxylation is 1. The van der Waals surface area contributed by atoms with Crippen molar-refractivity contribution in [1.82, 2.24) is 10.2 Å². The van der Waals surface area contributed by atoms with Crippen molar-refractivity contribution < 1.29 is 22.7 Å². The van der Waals surface area contributed by atoms with E-state index in [0.717, 1.165) is 53.1 Å². The van der Waals surface area contributed by atoms with E-state index in [1.165, 1.54) is 24.1 Å². The van der Waals surface area contributed by atoms with E-state index in [9.17, 15) is 18.0 Å². The number of methoxy groups -OCH3 is 1. The van der Waals surface area contributed by atoms with E-state index in [2.05, 4.69) is 21.2 Å². The van der Waals surface area contributed by atoms with Crippen LogP contribution in [0.1, 0.15) is 48.8 Å². The third-order valence-electron chi connectivity index (χ3n) is 8.80. The highest BCUT2D eigenvalue weighted by atomic mass is 79.9. The van der Waals surface area contributed by atoms with E-state index < -0.39 is 28.5 Å². The molecule has 11 heteroatoms. The highest BCUT2D eigenvalue weighted by Crippen LogP contribution is 2.31. The number of hydrogen-bond acceptors (Lipinski definition) is 5. The molecule has 0 aromatic heterocycles. The van der Waals surface area contributed by atoms with Gasteiger partial charge in [-0.05, 0) is 89.3 Å². The Morgan fingerprint density at radius 1 is 0.918 bits per heavy atom. The molecule has 4 aromatic rings. The Balaban J connectivity index is 1.57. The fourth-order valence-corrected chi connectivity index (χ4v) is 8.32. The number of halogens is 2. The van der Waals surface area contributed by atoms with Gasteiger partial charge in [0.2, 0.25) is 11.8 Å². The molecule has 0 bridgehead atoms. The number of anilines is 1. The molecule has 258 valence electrons. The van der Waals surface area contributed by atoms with Crippen molar-refractivity contribution in [2.24, 2.45) is 0 Å². The largest absolute Gasteiger partial charge is 0.496 e. The van der Waals surface area contributed by atoms with Crippen LogP contribution in [-0.2, 0) is 32.6 Å². The van der Waals surface area contributed by atoms with Gasteiger partial charge in [-0.15, -0.1) is 0 Å². The van der Waals surface area contributed by atoms with Gasteiger partial charge in [-0.3, -0.25) is 13.9 Å². The Bertz CT molecular complexity index is 1830. The molecule has 0 unspecified atom stereocenters. The molecule has 8 nitrogen and oxygen atoms in total. The van der Waals surface area contributed by atoms with Crippen LogP contribution >= 0.6 is 27.5 Å². The molecule has 0 spiro atoms. The normalized spacial score (nSPS) is 14.1. The maximum Gasteiger partial charge on any atom is 0.264 e. The summed E-state index contributed by atoms with van der Waals surface area (Å²) in [6, 6.07) is 27.2. The number of carbonyl (C=O) groups is 2. The minimum absolute atomic E-state index is 0.0185. The number of rotatable bonds is 13. The molecular weight excluding hydrogens is 726 g/mol. The lowest BCUT2D eigenvalue weighted by Gasteiger charge is -2.35. The second-order valence-electron chi connectivity index (χ2n) is 12.3. The van der Waals surface area contributed by atoms with Crippen LogP contribution in [0.5, 0.6) is 5.75 Å². The van der Waals surface area contributed by atoms with Gasteiger partial charge in [-0.1, -0.05) is 91.0 Å². The molecule has 4 aromatic carbocycles. The van der Waals surface area contributed by atoms with Gasteiger partial charge in [0.05, 0.1) is 22.2 Å². The molecule has 1 atom stereocenters. The van der Waals surface area contributed by atoms with Crippen LogP contribution in [0.3, 0.4) is 0 Å². The van der Waals surface area contributed by atoms with Gasteiger partial charge in [-0.2, -0.15) is 0 Å². The van der Waals surface area contributed by atoms with Gasteiger partial charge in [0, 0.05) is 24.0 Å². The van der Waals surface area contributed by atoms with E-state index >= 15 is 0 Å². The Morgan fingerprint density at radius 2 is 1.59 bits per heavy atom. The predicted octanol–water partition coefficient (Wildman–Crippen LogP) is 7.70. The Kier molecular flexibility index (Phi) is 12.4. The first-order valence-electron chi connectivity index (χ1n) is 16.4. The van der Waals surface area contributed by atoms with Gasteiger partial charge in [0.15, 0.2) is 0 Å². The standard InChI is InChI=1S/C38H41BrClN3O5S/c1-27-13-19-32(20-14-27)43(49(46,47)33-21-22-36(48-2)34(39)24-33)26-37(44)42(25-29-15-17-30(40)18-16-29)35(23-28-9-5-3-6-10-28)38(45)41-31-11-7-4-8-12-31/h3,5-6,9-10,13-22,24,31,35H,4,7-8,11-12,23,25-26H2,1-2H3,(H,41,45)/t35-/m1/s1. The summed E-state index contributed by atoms with van der Waals surface area (Å²) in [7, 11) is -2.77. The lowest BCUT2D eigenvalue weighted by molar-refractivity contribution is -0.140. The molecule has 2 amide bonds. The van der Waals surface area contributed by atoms with E-state index in [0.29, 0.717) is 20.9 Å². The number of sulfonamides is 1. The lowest BCUT2D eigenvalue weighted by atomic mass is 9.94. The summed E-state index contributed by atoms with van der Waals surface area (Å²) < 4.78 is 35.6. The zero-order valence-corrected chi connectivity index (χ0v) is 30.8. The van der Waals surface area contributed by atoms with Gasteiger partial charge in [-0.25, -0.2) is 8.42 Å². The third kappa shape index (κ3) is 9.44. The predicted molar refractivity (Wildman–Crippen MR) is 197 cm³/mol. The van der Waals surface area contributed by atoms with Crippen molar-refractivity contribution >= 4 is 55.1 Å². The minimum atomic E-state index is -4.27. The Morgan fingerprint density at radius 3 is 2.22 bits per heavy atom. The first-order chi connectivity index (χ1) is 23.5. The number of benzene rings is 4. The second kappa shape index (κ2) is 16.7. The third-order valence-corrected chi connectivity index (χ3v) is 11.4. The van der Waals surface area contributed by atoms with E-state index in [1.807, 2.05) is 49.4 Å². The van der Waals surface area contributed by atoms with E-state index in [1.54, 1.807) is 42.5 Å². The number of nitrogens with zero attached hydrogens (tertiary/aromatic N) is 2. The van der Waals surface area contributed by atoms with Crippen LogP contribution < -0.4 is 14.4 Å². The van der Waals surface area contributed by atoms with Gasteiger partial charge < -0.3 is 15.0 Å². The number of ether oxygens (including phenoxy) is 1. The summed E-state index contributed by atoms with van der Waals surface area (Å²) >= 11 is 9.60. The van der Waals surface area contributed by atoms with Crippen molar-refractivity contribution in [3.8, 4) is 5.75 Å². The smallest absolute Gasteiger partial charge is 0.264 e. The monoisotopic (exact) mass is 765 g/mol. The van der Waals surface area contributed by atoms with Crippen LogP contribution in [0.25, 0.3) is 0 Å². The second-order valence-corrected chi connectivity index (χ2v) is 15.5. The summed E-state index contributed by atoms with van der Waals surface area (Å²) in [5, 5.41) is 3.77. The first kappa shape index (κ1) is 36.4. The quantitative estimate of drug-likeness (QED) is 0.151. The van der Waals surface area contributed by atoms with Gasteiger partial charge in [0.1, 0.15) is 18.3 Å². The number of nitrogens with one attached hydrogen (secondary N) is 1. The SMILES string of the molecule is COc1ccc(S(=O)(=O)N(CC(=O)N(Cc2ccc(Cl)cc2)[C@H](Cc2ccccc2)C(=O)NC2CCCCC2)c2ccc(C)cc2)cc1Br. The fourth-order valence-electron chi connectivity index (χ4n) is 6.06. The zero-order valence-electron chi connectivity index (χ0n) is 27.6. The molecule has 1 aliphatic carbocycles. The summed E-state index contributed by atoms with van der Waals surface area (Å²) in [6.45, 7) is 1.44. The molecule has 1 aliphatic rings. The van der Waals surface area contributed by atoms with E-state index in [-0.39, 0.29) is 29.8 Å². The molecule has 1 fully saturated rings. The fraction of sp³-hybridized carbons (Fsp3) is 0.316. The Hall–Kier alpha value is -3.86. The maximum absolute atomic E-state index is 14.7. The van der Waals surface area contributed by atoms with Crippen LogP contribution in [-0.4, -0.2) is 50.9 Å². The van der Waals surface area contributed by atoms with Crippen molar-refractivity contribution in [3.05, 3.63) is 123 Å². The summed E-state index contributed by atoms with van der Waals surface area (Å²) in [5.74, 6) is -0.313. The molecule has 0 saturated heterocycles. The molecular formula is C38H41BrClN3O5S. The van der Waals surface area contributed by atoms with Crippen molar-refractivity contribution in [1.29, 1.82) is 0 Å². The van der Waals surface area contributed by atoms with Crippen molar-refractivity contribution in [3.63, 3.8) is 0 Å². The average Bonchev–Trinajstić information content (AvgIpc) is 3.10. The summed E-state index contributed by atoms with van der Waals surface area (Å²) in [5.41, 5.74) is 2.89. The van der Waals surface area contributed by atoms with Crippen molar-refractivity contribution in [2.45, 2.75) is 69.0 Å². The molecule has 5 rings (SSSR count). The van der Waals surface area contributed by atoms with Crippen LogP contribution in [0, 0.1) is 6.92 Å². The maximum atomic E-state index is 14.7. The first-order valence-corrected chi connectivity index (χ1v) is 19.0. The minimum Gasteiger partial charge on any atom is -0.496 e. The highest BCUT2D eigenvalue weighted by Gasteiger charge is 2.35. The molecule has 0 heterocycles. The highest BCUT2D eigenvalue weighted by molar-refractivity contribution is 9.10. The average molecular weight is 767 g/mol. The zero-order chi connectivity index (χ0) is 35.0. The number of amides is 2.